The van der Waals surface area contributed by atoms with Crippen LogP contribution in [0.15, 0.2) is 12.2 Å². The molecule has 0 amide bonds. The standard InChI is InChI=1S/C13H24N2/c1-9(2)3-6-13(15-14)12-8-10-4-5-11(12)7-10/h10-13,15H,1,3-8,14H2,2H3. The molecular weight excluding hydrogens is 184 g/mol. The van der Waals surface area contributed by atoms with E-state index >= 15 is 0 Å². The summed E-state index contributed by atoms with van der Waals surface area (Å²) in [6.45, 7) is 6.07. The SMILES string of the molecule is C=C(C)CCC(NN)C1CC2CCC1C2. The number of hydrogen-bond acceptors (Lipinski definition) is 2. The largest absolute Gasteiger partial charge is 0.271 e. The molecule has 4 atom stereocenters. The van der Waals surface area contributed by atoms with Gasteiger partial charge >= 0.3 is 0 Å². The fourth-order valence-corrected chi connectivity index (χ4v) is 3.61. The van der Waals surface area contributed by atoms with Crippen molar-refractivity contribution in [3.05, 3.63) is 12.2 Å². The van der Waals surface area contributed by atoms with E-state index in [9.17, 15) is 0 Å². The van der Waals surface area contributed by atoms with E-state index in [1.54, 1.807) is 0 Å². The van der Waals surface area contributed by atoms with E-state index in [0.29, 0.717) is 6.04 Å². The molecule has 0 saturated heterocycles. The van der Waals surface area contributed by atoms with E-state index < -0.39 is 0 Å². The molecule has 0 aromatic rings. The summed E-state index contributed by atoms with van der Waals surface area (Å²) in [6.07, 6.45) is 8.08. The number of hydrazine groups is 1. The molecule has 0 radical (unpaired) electrons. The van der Waals surface area contributed by atoms with Crippen LogP contribution in [0.2, 0.25) is 0 Å². The number of allylic oxidation sites excluding steroid dienone is 1. The molecule has 3 N–H and O–H groups in total. The first-order valence-corrected chi connectivity index (χ1v) is 6.31. The highest BCUT2D eigenvalue weighted by Crippen LogP contribution is 2.50. The highest BCUT2D eigenvalue weighted by Gasteiger charge is 2.42. The Kier molecular flexibility index (Phi) is 3.47. The van der Waals surface area contributed by atoms with Crippen LogP contribution in [0.5, 0.6) is 0 Å². The molecule has 2 heteroatoms. The summed E-state index contributed by atoms with van der Waals surface area (Å²) in [5.41, 5.74) is 4.32. The molecule has 2 saturated carbocycles. The minimum Gasteiger partial charge on any atom is -0.271 e. The van der Waals surface area contributed by atoms with Gasteiger partial charge in [-0.15, -0.1) is 6.58 Å². The van der Waals surface area contributed by atoms with Gasteiger partial charge in [-0.25, -0.2) is 0 Å². The number of nitrogens with one attached hydrogen (secondary N) is 1. The zero-order valence-corrected chi connectivity index (χ0v) is 9.84. The van der Waals surface area contributed by atoms with Gasteiger partial charge in [0.15, 0.2) is 0 Å². The van der Waals surface area contributed by atoms with Crippen LogP contribution in [0.25, 0.3) is 0 Å². The van der Waals surface area contributed by atoms with E-state index in [1.165, 1.54) is 37.7 Å². The Morgan fingerprint density at radius 3 is 2.73 bits per heavy atom. The summed E-state index contributed by atoms with van der Waals surface area (Å²) in [6, 6.07) is 0.525. The van der Waals surface area contributed by atoms with Gasteiger partial charge in [0.2, 0.25) is 0 Å². The zero-order valence-electron chi connectivity index (χ0n) is 9.84. The average Bonchev–Trinajstić information content (AvgIpc) is 2.79. The van der Waals surface area contributed by atoms with Crippen LogP contribution in [0.3, 0.4) is 0 Å². The molecule has 86 valence electrons. The van der Waals surface area contributed by atoms with Crippen molar-refractivity contribution >= 4 is 0 Å². The molecule has 0 heterocycles. The van der Waals surface area contributed by atoms with Crippen molar-refractivity contribution in [2.24, 2.45) is 23.6 Å². The normalized spacial score (nSPS) is 35.7. The average molecular weight is 208 g/mol. The highest BCUT2D eigenvalue weighted by atomic mass is 15.2. The molecule has 2 rings (SSSR count). The van der Waals surface area contributed by atoms with Crippen molar-refractivity contribution in [2.45, 2.75) is 51.5 Å². The van der Waals surface area contributed by atoms with E-state index in [1.807, 2.05) is 0 Å². The fraction of sp³-hybridized carbons (Fsp3) is 0.846. The van der Waals surface area contributed by atoms with Crippen LogP contribution < -0.4 is 11.3 Å². The number of nitrogens with two attached hydrogens (primary N) is 1. The van der Waals surface area contributed by atoms with Crippen LogP contribution in [-0.2, 0) is 0 Å². The van der Waals surface area contributed by atoms with Crippen LogP contribution >= 0.6 is 0 Å². The molecule has 2 fully saturated rings. The van der Waals surface area contributed by atoms with Gasteiger partial charge in [-0.1, -0.05) is 12.0 Å². The second-order valence-corrected chi connectivity index (χ2v) is 5.61. The van der Waals surface area contributed by atoms with Crippen molar-refractivity contribution in [1.82, 2.24) is 5.43 Å². The third-order valence-electron chi connectivity index (χ3n) is 4.41. The maximum absolute atomic E-state index is 5.69. The summed E-state index contributed by atoms with van der Waals surface area (Å²) < 4.78 is 0. The van der Waals surface area contributed by atoms with Crippen LogP contribution in [-0.4, -0.2) is 6.04 Å². The lowest BCUT2D eigenvalue weighted by Gasteiger charge is -2.30. The van der Waals surface area contributed by atoms with Gasteiger partial charge in [0.25, 0.3) is 0 Å². The molecule has 0 aromatic heterocycles. The summed E-state index contributed by atoms with van der Waals surface area (Å²) >= 11 is 0. The third-order valence-corrected chi connectivity index (χ3v) is 4.41. The van der Waals surface area contributed by atoms with Crippen molar-refractivity contribution in [1.29, 1.82) is 0 Å². The molecular formula is C13H24N2. The van der Waals surface area contributed by atoms with Gasteiger partial charge in [0, 0.05) is 6.04 Å². The number of hydrogen-bond donors (Lipinski definition) is 2. The van der Waals surface area contributed by atoms with Crippen LogP contribution in [0.1, 0.15) is 45.4 Å². The van der Waals surface area contributed by atoms with Crippen molar-refractivity contribution in [2.75, 3.05) is 0 Å². The lowest BCUT2D eigenvalue weighted by atomic mass is 9.81. The predicted molar refractivity (Wildman–Crippen MR) is 64.1 cm³/mol. The number of fused-ring (bicyclic) bond motifs is 2. The monoisotopic (exact) mass is 208 g/mol. The lowest BCUT2D eigenvalue weighted by Crippen LogP contribution is -2.42. The van der Waals surface area contributed by atoms with E-state index in [2.05, 4.69) is 18.9 Å². The summed E-state index contributed by atoms with van der Waals surface area (Å²) in [5, 5.41) is 0. The Morgan fingerprint density at radius 2 is 2.27 bits per heavy atom. The lowest BCUT2D eigenvalue weighted by molar-refractivity contribution is 0.240. The molecule has 0 aromatic carbocycles. The van der Waals surface area contributed by atoms with Crippen molar-refractivity contribution in [3.63, 3.8) is 0 Å². The molecule has 2 nitrogen and oxygen atoms in total. The first kappa shape index (κ1) is 11.2. The van der Waals surface area contributed by atoms with Gasteiger partial charge in [-0.2, -0.15) is 0 Å². The van der Waals surface area contributed by atoms with E-state index in [-0.39, 0.29) is 0 Å². The summed E-state index contributed by atoms with van der Waals surface area (Å²) in [7, 11) is 0. The quantitative estimate of drug-likeness (QED) is 0.414. The minimum atomic E-state index is 0.525. The first-order valence-electron chi connectivity index (χ1n) is 6.31. The van der Waals surface area contributed by atoms with Crippen molar-refractivity contribution < 1.29 is 0 Å². The number of rotatable bonds is 5. The maximum atomic E-state index is 5.69. The van der Waals surface area contributed by atoms with Gasteiger partial charge in [-0.3, -0.25) is 11.3 Å². The Morgan fingerprint density at radius 1 is 1.47 bits per heavy atom. The molecule has 4 unspecified atom stereocenters. The molecule has 2 aliphatic rings. The van der Waals surface area contributed by atoms with Crippen molar-refractivity contribution in [3.8, 4) is 0 Å². The Hall–Kier alpha value is -0.340. The zero-order chi connectivity index (χ0) is 10.8. The summed E-state index contributed by atoms with van der Waals surface area (Å²) in [4.78, 5) is 0. The van der Waals surface area contributed by atoms with E-state index in [4.69, 9.17) is 5.84 Å². The van der Waals surface area contributed by atoms with Crippen LogP contribution in [0, 0.1) is 17.8 Å². The highest BCUT2D eigenvalue weighted by molar-refractivity contribution is 4.97. The topological polar surface area (TPSA) is 38.0 Å². The molecule has 0 spiro atoms. The van der Waals surface area contributed by atoms with Gasteiger partial charge in [-0.05, 0) is 56.8 Å². The Labute approximate surface area is 93.3 Å². The Bertz CT molecular complexity index is 237. The third kappa shape index (κ3) is 2.43. The molecule has 2 aliphatic carbocycles. The second-order valence-electron chi connectivity index (χ2n) is 5.61. The predicted octanol–water partition coefficient (Wildman–Crippen LogP) is 2.61. The Balaban J connectivity index is 1.86. The molecule has 15 heavy (non-hydrogen) atoms. The smallest absolute Gasteiger partial charge is 0.0244 e. The van der Waals surface area contributed by atoms with Crippen LogP contribution in [0.4, 0.5) is 0 Å². The van der Waals surface area contributed by atoms with E-state index in [0.717, 1.165) is 24.2 Å². The van der Waals surface area contributed by atoms with Gasteiger partial charge in [0.1, 0.15) is 0 Å². The fourth-order valence-electron chi connectivity index (χ4n) is 3.61. The second kappa shape index (κ2) is 4.67. The minimum absolute atomic E-state index is 0.525. The molecule has 2 bridgehead atoms. The maximum Gasteiger partial charge on any atom is 0.0244 e. The molecule has 0 aliphatic heterocycles. The van der Waals surface area contributed by atoms with Gasteiger partial charge < -0.3 is 0 Å². The first-order chi connectivity index (χ1) is 7.20. The summed E-state index contributed by atoms with van der Waals surface area (Å²) in [5.74, 6) is 8.51. The van der Waals surface area contributed by atoms with Gasteiger partial charge in [0.05, 0.1) is 0 Å².